The highest BCUT2D eigenvalue weighted by molar-refractivity contribution is 7.89. The Morgan fingerprint density at radius 3 is 2.29 bits per heavy atom. The average Bonchev–Trinajstić information content (AvgIpc) is 2.73. The van der Waals surface area contributed by atoms with E-state index >= 15 is 0 Å². The third-order valence-corrected chi connectivity index (χ3v) is 6.76. The van der Waals surface area contributed by atoms with Crippen molar-refractivity contribution in [3.63, 3.8) is 0 Å². The molecule has 1 N–H and O–H groups in total. The smallest absolute Gasteiger partial charge is 0.241 e. The molecule has 0 unspecified atom stereocenters. The van der Waals surface area contributed by atoms with Gasteiger partial charge in [0.05, 0.1) is 4.90 Å². The summed E-state index contributed by atoms with van der Waals surface area (Å²) in [6.07, 6.45) is 4.48. The molecule has 2 aromatic carbocycles. The Labute approximate surface area is 167 Å². The number of nitrogens with zero attached hydrogens (tertiary/aromatic N) is 1. The predicted molar refractivity (Wildman–Crippen MR) is 110 cm³/mol. The highest BCUT2D eigenvalue weighted by atomic mass is 32.2. The van der Waals surface area contributed by atoms with Gasteiger partial charge in [-0.25, -0.2) is 13.1 Å². The summed E-state index contributed by atoms with van der Waals surface area (Å²) < 4.78 is 28.0. The largest absolute Gasteiger partial charge is 0.343 e. The fraction of sp³-hybridized carbons (Fsp3) is 0.409. The number of sulfonamides is 1. The van der Waals surface area contributed by atoms with Crippen LogP contribution >= 0.6 is 0 Å². The van der Waals surface area contributed by atoms with E-state index in [1.165, 1.54) is 6.42 Å². The maximum Gasteiger partial charge on any atom is 0.241 e. The molecule has 28 heavy (non-hydrogen) atoms. The fourth-order valence-electron chi connectivity index (χ4n) is 3.50. The minimum atomic E-state index is -3.60. The number of benzene rings is 2. The van der Waals surface area contributed by atoms with E-state index in [0.717, 1.165) is 37.1 Å². The summed E-state index contributed by atoms with van der Waals surface area (Å²) in [5.74, 6) is 0.190. The molecule has 150 valence electrons. The number of piperidine rings is 1. The Morgan fingerprint density at radius 2 is 1.64 bits per heavy atom. The minimum absolute atomic E-state index is 0.190. The lowest BCUT2D eigenvalue weighted by Crippen LogP contribution is -2.35. The molecule has 1 fully saturated rings. The molecule has 0 bridgehead atoms. The van der Waals surface area contributed by atoms with E-state index in [-0.39, 0.29) is 16.8 Å². The SMILES string of the molecule is C[C@H](NS(=O)(=O)c1ccc(CCC(=O)N2CCCCC2)cc1)c1ccccc1. The Kier molecular flexibility index (Phi) is 6.86. The molecule has 1 amide bonds. The van der Waals surface area contributed by atoms with Crippen LogP contribution in [0.15, 0.2) is 59.5 Å². The summed E-state index contributed by atoms with van der Waals surface area (Å²) >= 11 is 0. The van der Waals surface area contributed by atoms with E-state index < -0.39 is 10.0 Å². The van der Waals surface area contributed by atoms with Crippen molar-refractivity contribution in [2.24, 2.45) is 0 Å². The summed E-state index contributed by atoms with van der Waals surface area (Å²) in [5, 5.41) is 0. The molecule has 2 aromatic rings. The van der Waals surface area contributed by atoms with E-state index in [1.807, 2.05) is 42.2 Å². The summed E-state index contributed by atoms with van der Waals surface area (Å²) in [5.41, 5.74) is 1.89. The van der Waals surface area contributed by atoms with Crippen molar-refractivity contribution in [2.75, 3.05) is 13.1 Å². The number of hydrogen-bond acceptors (Lipinski definition) is 3. The van der Waals surface area contributed by atoms with E-state index in [1.54, 1.807) is 24.3 Å². The minimum Gasteiger partial charge on any atom is -0.343 e. The maximum absolute atomic E-state index is 12.6. The summed E-state index contributed by atoms with van der Waals surface area (Å²) in [6, 6.07) is 16.0. The van der Waals surface area contributed by atoms with Gasteiger partial charge in [0.15, 0.2) is 0 Å². The number of likely N-dealkylation sites (tertiary alicyclic amines) is 1. The van der Waals surface area contributed by atoms with Crippen molar-refractivity contribution >= 4 is 15.9 Å². The van der Waals surface area contributed by atoms with Crippen molar-refractivity contribution in [1.29, 1.82) is 0 Å². The Morgan fingerprint density at radius 1 is 1.00 bits per heavy atom. The molecule has 1 saturated heterocycles. The van der Waals surface area contributed by atoms with E-state index in [9.17, 15) is 13.2 Å². The van der Waals surface area contributed by atoms with Gasteiger partial charge in [-0.3, -0.25) is 4.79 Å². The van der Waals surface area contributed by atoms with Gasteiger partial charge >= 0.3 is 0 Å². The second-order valence-corrected chi connectivity index (χ2v) is 9.05. The van der Waals surface area contributed by atoms with Gasteiger partial charge in [-0.1, -0.05) is 42.5 Å². The van der Waals surface area contributed by atoms with Gasteiger partial charge in [0.2, 0.25) is 15.9 Å². The highest BCUT2D eigenvalue weighted by Crippen LogP contribution is 2.18. The van der Waals surface area contributed by atoms with Gasteiger partial charge in [0, 0.05) is 25.6 Å². The number of carbonyl (C=O) groups is 1. The molecule has 6 heteroatoms. The Bertz CT molecular complexity index is 874. The van der Waals surface area contributed by atoms with Gasteiger partial charge in [-0.2, -0.15) is 0 Å². The quantitative estimate of drug-likeness (QED) is 0.771. The Balaban J connectivity index is 1.57. The molecule has 1 heterocycles. The highest BCUT2D eigenvalue weighted by Gasteiger charge is 2.19. The first-order valence-electron chi connectivity index (χ1n) is 9.90. The van der Waals surface area contributed by atoms with Crippen LogP contribution in [0.1, 0.15) is 49.8 Å². The van der Waals surface area contributed by atoms with Crippen molar-refractivity contribution < 1.29 is 13.2 Å². The fourth-order valence-corrected chi connectivity index (χ4v) is 4.73. The summed E-state index contributed by atoms with van der Waals surface area (Å²) in [4.78, 5) is 14.5. The molecule has 0 radical (unpaired) electrons. The molecular weight excluding hydrogens is 372 g/mol. The molecule has 0 spiro atoms. The van der Waals surface area contributed by atoms with Crippen molar-refractivity contribution in [3.8, 4) is 0 Å². The first-order chi connectivity index (χ1) is 13.5. The van der Waals surface area contributed by atoms with Crippen LogP contribution in [0, 0.1) is 0 Å². The van der Waals surface area contributed by atoms with Crippen LogP contribution < -0.4 is 4.72 Å². The van der Waals surface area contributed by atoms with Gasteiger partial charge in [-0.15, -0.1) is 0 Å². The zero-order chi connectivity index (χ0) is 20.0. The van der Waals surface area contributed by atoms with Crippen LogP contribution in [0.3, 0.4) is 0 Å². The van der Waals surface area contributed by atoms with Crippen LogP contribution in [-0.4, -0.2) is 32.3 Å². The van der Waals surface area contributed by atoms with Crippen molar-refractivity contribution in [2.45, 2.75) is 50.0 Å². The van der Waals surface area contributed by atoms with E-state index in [2.05, 4.69) is 4.72 Å². The number of hydrogen-bond donors (Lipinski definition) is 1. The number of carbonyl (C=O) groups excluding carboxylic acids is 1. The van der Waals surface area contributed by atoms with Gasteiger partial charge in [0.1, 0.15) is 0 Å². The average molecular weight is 401 g/mol. The lowest BCUT2D eigenvalue weighted by molar-refractivity contribution is -0.132. The number of nitrogens with one attached hydrogen (secondary N) is 1. The molecule has 1 atom stereocenters. The molecule has 5 nitrogen and oxygen atoms in total. The zero-order valence-corrected chi connectivity index (χ0v) is 17.1. The monoisotopic (exact) mass is 400 g/mol. The molecule has 1 aliphatic heterocycles. The topological polar surface area (TPSA) is 66.5 Å². The standard InChI is InChI=1S/C22H28N2O3S/c1-18(20-8-4-2-5-9-20)23-28(26,27)21-13-10-19(11-14-21)12-15-22(25)24-16-6-3-7-17-24/h2,4-5,8-11,13-14,18,23H,3,6-7,12,15-17H2,1H3/t18-/m0/s1. The maximum atomic E-state index is 12.6. The van der Waals surface area contributed by atoms with Crippen LogP contribution in [0.25, 0.3) is 0 Å². The normalized spacial score (nSPS) is 16.0. The van der Waals surface area contributed by atoms with Gasteiger partial charge < -0.3 is 4.90 Å². The van der Waals surface area contributed by atoms with Crippen LogP contribution in [0.4, 0.5) is 0 Å². The van der Waals surface area contributed by atoms with Gasteiger partial charge in [0.25, 0.3) is 0 Å². The van der Waals surface area contributed by atoms with Crippen LogP contribution in [0.2, 0.25) is 0 Å². The molecule has 3 rings (SSSR count). The summed E-state index contributed by atoms with van der Waals surface area (Å²) in [6.45, 7) is 3.55. The van der Waals surface area contributed by atoms with Crippen LogP contribution in [-0.2, 0) is 21.2 Å². The number of rotatable bonds is 7. The number of amides is 1. The lowest BCUT2D eigenvalue weighted by atomic mass is 10.1. The second-order valence-electron chi connectivity index (χ2n) is 7.34. The third kappa shape index (κ3) is 5.42. The predicted octanol–water partition coefficient (Wildman–Crippen LogP) is 3.67. The zero-order valence-electron chi connectivity index (χ0n) is 16.3. The van der Waals surface area contributed by atoms with Gasteiger partial charge in [-0.05, 0) is 55.9 Å². The first kappa shape index (κ1) is 20.6. The third-order valence-electron chi connectivity index (χ3n) is 5.20. The van der Waals surface area contributed by atoms with Crippen molar-refractivity contribution in [1.82, 2.24) is 9.62 Å². The van der Waals surface area contributed by atoms with Crippen LogP contribution in [0.5, 0.6) is 0 Å². The Hall–Kier alpha value is -2.18. The second kappa shape index (κ2) is 9.34. The molecular formula is C22H28N2O3S. The lowest BCUT2D eigenvalue weighted by Gasteiger charge is -2.26. The molecule has 1 aliphatic rings. The van der Waals surface area contributed by atoms with Crippen molar-refractivity contribution in [3.05, 3.63) is 65.7 Å². The summed E-state index contributed by atoms with van der Waals surface area (Å²) in [7, 11) is -3.60. The van der Waals surface area contributed by atoms with E-state index in [4.69, 9.17) is 0 Å². The molecule has 0 aliphatic carbocycles. The first-order valence-corrected chi connectivity index (χ1v) is 11.4. The molecule has 0 saturated carbocycles. The molecule has 0 aromatic heterocycles. The number of aryl methyl sites for hydroxylation is 1. The van der Waals surface area contributed by atoms with E-state index in [0.29, 0.717) is 12.8 Å².